The standard InChI is InChI=1S/C13H9Cl2N3/c14-8-11-12(9-3-1-4-10(15)7-9)17-18-6-2-5-16-13(11)18/h1-7H,8H2. The van der Waals surface area contributed by atoms with Gasteiger partial charge < -0.3 is 0 Å². The summed E-state index contributed by atoms with van der Waals surface area (Å²) in [5.41, 5.74) is 3.47. The van der Waals surface area contributed by atoms with Gasteiger partial charge >= 0.3 is 0 Å². The van der Waals surface area contributed by atoms with Gasteiger partial charge in [0.2, 0.25) is 0 Å². The normalized spacial score (nSPS) is 11.0. The molecule has 5 heteroatoms. The van der Waals surface area contributed by atoms with Crippen molar-refractivity contribution in [3.63, 3.8) is 0 Å². The third kappa shape index (κ3) is 1.85. The van der Waals surface area contributed by atoms with Gasteiger partial charge in [0, 0.05) is 28.5 Å². The van der Waals surface area contributed by atoms with Crippen molar-refractivity contribution in [1.82, 2.24) is 14.6 Å². The minimum atomic E-state index is 0.363. The first kappa shape index (κ1) is 11.5. The molecule has 1 aromatic carbocycles. The summed E-state index contributed by atoms with van der Waals surface area (Å²) in [6.07, 6.45) is 3.58. The SMILES string of the molecule is ClCc1c(-c2cccc(Cl)c2)nn2cccnc12. The van der Waals surface area contributed by atoms with Crippen molar-refractivity contribution in [3.05, 3.63) is 53.3 Å². The van der Waals surface area contributed by atoms with E-state index >= 15 is 0 Å². The highest BCUT2D eigenvalue weighted by Crippen LogP contribution is 2.28. The Morgan fingerprint density at radius 1 is 1.22 bits per heavy atom. The highest BCUT2D eigenvalue weighted by Gasteiger charge is 2.14. The monoisotopic (exact) mass is 277 g/mol. The molecule has 2 heterocycles. The van der Waals surface area contributed by atoms with Crippen molar-refractivity contribution in [2.24, 2.45) is 0 Å². The predicted molar refractivity (Wildman–Crippen MR) is 73.0 cm³/mol. The summed E-state index contributed by atoms with van der Waals surface area (Å²) in [6.45, 7) is 0. The molecule has 90 valence electrons. The second-order valence-electron chi connectivity index (χ2n) is 3.86. The molecular formula is C13H9Cl2N3. The minimum absolute atomic E-state index is 0.363. The number of rotatable bonds is 2. The molecule has 3 nitrogen and oxygen atoms in total. The number of halogens is 2. The lowest BCUT2D eigenvalue weighted by molar-refractivity contribution is 0.943. The van der Waals surface area contributed by atoms with Crippen LogP contribution in [0.25, 0.3) is 16.9 Å². The maximum atomic E-state index is 6.02. The lowest BCUT2D eigenvalue weighted by Gasteiger charge is -1.99. The zero-order valence-corrected chi connectivity index (χ0v) is 10.9. The molecule has 2 aromatic heterocycles. The maximum absolute atomic E-state index is 6.02. The molecule has 0 aliphatic rings. The van der Waals surface area contributed by atoms with Gasteiger partial charge in [0.25, 0.3) is 0 Å². The first-order valence-corrected chi connectivity index (χ1v) is 6.35. The van der Waals surface area contributed by atoms with Crippen LogP contribution in [0.15, 0.2) is 42.7 Å². The molecule has 3 rings (SSSR count). The molecular weight excluding hydrogens is 269 g/mol. The number of hydrogen-bond donors (Lipinski definition) is 0. The van der Waals surface area contributed by atoms with Gasteiger partial charge in [-0.25, -0.2) is 9.50 Å². The van der Waals surface area contributed by atoms with Crippen LogP contribution in [0.5, 0.6) is 0 Å². The number of benzene rings is 1. The largest absolute Gasteiger partial charge is 0.237 e. The first-order valence-electron chi connectivity index (χ1n) is 5.44. The predicted octanol–water partition coefficient (Wildman–Crippen LogP) is 3.79. The van der Waals surface area contributed by atoms with Crippen LogP contribution in [0, 0.1) is 0 Å². The van der Waals surface area contributed by atoms with Crippen molar-refractivity contribution in [2.75, 3.05) is 0 Å². The average molecular weight is 278 g/mol. The molecule has 0 atom stereocenters. The van der Waals surface area contributed by atoms with Crippen LogP contribution >= 0.6 is 23.2 Å². The molecule has 0 saturated carbocycles. The lowest BCUT2D eigenvalue weighted by atomic mass is 10.1. The van der Waals surface area contributed by atoms with Crippen LogP contribution in [-0.2, 0) is 5.88 Å². The van der Waals surface area contributed by atoms with Crippen molar-refractivity contribution in [2.45, 2.75) is 5.88 Å². The van der Waals surface area contributed by atoms with Crippen LogP contribution < -0.4 is 0 Å². The molecule has 0 amide bonds. The summed E-state index contributed by atoms with van der Waals surface area (Å²) in [7, 11) is 0. The van der Waals surface area contributed by atoms with Crippen LogP contribution in [0.4, 0.5) is 0 Å². The maximum Gasteiger partial charge on any atom is 0.159 e. The summed E-state index contributed by atoms with van der Waals surface area (Å²) < 4.78 is 1.73. The Labute approximate surface area is 114 Å². The van der Waals surface area contributed by atoms with E-state index in [-0.39, 0.29) is 0 Å². The Balaban J connectivity index is 2.28. The first-order chi connectivity index (χ1) is 8.79. The molecule has 0 unspecified atom stereocenters. The number of nitrogens with zero attached hydrogens (tertiary/aromatic N) is 3. The van der Waals surface area contributed by atoms with E-state index in [4.69, 9.17) is 23.2 Å². The van der Waals surface area contributed by atoms with E-state index in [9.17, 15) is 0 Å². The molecule has 0 fully saturated rings. The van der Waals surface area contributed by atoms with E-state index < -0.39 is 0 Å². The van der Waals surface area contributed by atoms with E-state index in [1.807, 2.05) is 36.5 Å². The smallest absolute Gasteiger partial charge is 0.159 e. The van der Waals surface area contributed by atoms with Crippen molar-refractivity contribution >= 4 is 28.8 Å². The zero-order valence-electron chi connectivity index (χ0n) is 9.35. The molecule has 0 aliphatic heterocycles. The Kier molecular flexibility index (Phi) is 2.94. The number of fused-ring (bicyclic) bond motifs is 1. The second-order valence-corrected chi connectivity index (χ2v) is 4.56. The van der Waals surface area contributed by atoms with Gasteiger partial charge in [0.1, 0.15) is 0 Å². The molecule has 18 heavy (non-hydrogen) atoms. The summed E-state index contributed by atoms with van der Waals surface area (Å²) >= 11 is 12.0. The van der Waals surface area contributed by atoms with Crippen LogP contribution in [-0.4, -0.2) is 14.6 Å². The van der Waals surface area contributed by atoms with E-state index in [0.717, 1.165) is 22.5 Å². The van der Waals surface area contributed by atoms with E-state index in [1.165, 1.54) is 0 Å². The molecule has 0 saturated heterocycles. The van der Waals surface area contributed by atoms with E-state index in [2.05, 4.69) is 10.1 Å². The summed E-state index contributed by atoms with van der Waals surface area (Å²) in [5, 5.41) is 5.18. The van der Waals surface area contributed by atoms with Gasteiger partial charge in [-0.3, -0.25) is 0 Å². The van der Waals surface area contributed by atoms with Gasteiger partial charge in [-0.15, -0.1) is 11.6 Å². The topological polar surface area (TPSA) is 30.2 Å². The fourth-order valence-corrected chi connectivity index (χ4v) is 2.36. The number of hydrogen-bond acceptors (Lipinski definition) is 2. The van der Waals surface area contributed by atoms with Crippen molar-refractivity contribution < 1.29 is 0 Å². The second kappa shape index (κ2) is 4.59. The molecule has 0 bridgehead atoms. The highest BCUT2D eigenvalue weighted by atomic mass is 35.5. The lowest BCUT2D eigenvalue weighted by Crippen LogP contribution is -1.87. The highest BCUT2D eigenvalue weighted by molar-refractivity contribution is 6.30. The van der Waals surface area contributed by atoms with Gasteiger partial charge in [-0.1, -0.05) is 23.7 Å². The van der Waals surface area contributed by atoms with E-state index in [0.29, 0.717) is 10.9 Å². The molecule has 0 radical (unpaired) electrons. The van der Waals surface area contributed by atoms with E-state index in [1.54, 1.807) is 10.7 Å². The Morgan fingerprint density at radius 2 is 2.11 bits per heavy atom. The summed E-state index contributed by atoms with van der Waals surface area (Å²) in [6, 6.07) is 9.40. The summed E-state index contributed by atoms with van der Waals surface area (Å²) in [5.74, 6) is 0.363. The third-order valence-electron chi connectivity index (χ3n) is 2.72. The van der Waals surface area contributed by atoms with Crippen molar-refractivity contribution in [3.8, 4) is 11.3 Å². The third-order valence-corrected chi connectivity index (χ3v) is 3.22. The van der Waals surface area contributed by atoms with Gasteiger partial charge in [-0.05, 0) is 18.2 Å². The number of aromatic nitrogens is 3. The number of alkyl halides is 1. The molecule has 3 aromatic rings. The average Bonchev–Trinajstić information content (AvgIpc) is 2.77. The van der Waals surface area contributed by atoms with Crippen LogP contribution in [0.3, 0.4) is 0 Å². The van der Waals surface area contributed by atoms with Crippen LogP contribution in [0.1, 0.15) is 5.56 Å². The van der Waals surface area contributed by atoms with Crippen molar-refractivity contribution in [1.29, 1.82) is 0 Å². The van der Waals surface area contributed by atoms with Gasteiger partial charge in [-0.2, -0.15) is 5.10 Å². The van der Waals surface area contributed by atoms with Gasteiger partial charge in [0.15, 0.2) is 5.65 Å². The zero-order chi connectivity index (χ0) is 12.5. The Hall–Kier alpha value is -1.58. The minimum Gasteiger partial charge on any atom is -0.237 e. The summed E-state index contributed by atoms with van der Waals surface area (Å²) in [4.78, 5) is 4.30. The Bertz CT molecular complexity index is 706. The molecule has 0 aliphatic carbocycles. The fraction of sp³-hybridized carbons (Fsp3) is 0.0769. The fourth-order valence-electron chi connectivity index (χ4n) is 1.93. The molecule has 0 spiro atoms. The van der Waals surface area contributed by atoms with Gasteiger partial charge in [0.05, 0.1) is 11.6 Å². The van der Waals surface area contributed by atoms with Crippen LogP contribution in [0.2, 0.25) is 5.02 Å². The molecule has 0 N–H and O–H groups in total. The Morgan fingerprint density at radius 3 is 2.89 bits per heavy atom. The quantitative estimate of drug-likeness (QED) is 0.667.